The van der Waals surface area contributed by atoms with Crippen molar-refractivity contribution in [3.8, 4) is 11.5 Å². The number of benzene rings is 1. The number of rotatable bonds is 7. The molecule has 1 heterocycles. The molecule has 4 heteroatoms. The number of pyridine rings is 1. The summed E-state index contributed by atoms with van der Waals surface area (Å²) in [5.74, 6) is 1.59. The van der Waals surface area contributed by atoms with Crippen LogP contribution in [0, 0.1) is 6.92 Å². The van der Waals surface area contributed by atoms with Gasteiger partial charge in [0, 0.05) is 23.2 Å². The maximum Gasteiger partial charge on any atom is 0.133 e. The van der Waals surface area contributed by atoms with E-state index in [4.69, 9.17) is 15.2 Å². The van der Waals surface area contributed by atoms with Gasteiger partial charge < -0.3 is 15.2 Å². The number of nitrogens with zero attached hydrogens (tertiary/aromatic N) is 1. The van der Waals surface area contributed by atoms with E-state index in [-0.39, 0.29) is 0 Å². The lowest BCUT2D eigenvalue weighted by molar-refractivity contribution is 0.306. The largest absolute Gasteiger partial charge is 0.497 e. The molecule has 2 aromatic rings. The SMILES string of the molecule is CCCCCCOc1c(C)cnc2c(N)cc(OC)cc12. The van der Waals surface area contributed by atoms with Crippen molar-refractivity contribution in [2.45, 2.75) is 39.5 Å². The summed E-state index contributed by atoms with van der Waals surface area (Å²) >= 11 is 0. The molecule has 1 aromatic heterocycles. The average Bonchev–Trinajstić information content (AvgIpc) is 2.48. The Morgan fingerprint density at radius 2 is 2.00 bits per heavy atom. The number of ether oxygens (including phenoxy) is 2. The molecule has 0 unspecified atom stereocenters. The summed E-state index contributed by atoms with van der Waals surface area (Å²) in [6.07, 6.45) is 6.55. The fraction of sp³-hybridized carbons (Fsp3) is 0.471. The van der Waals surface area contributed by atoms with Crippen molar-refractivity contribution in [3.05, 3.63) is 23.9 Å². The highest BCUT2D eigenvalue weighted by molar-refractivity contribution is 5.95. The van der Waals surface area contributed by atoms with E-state index < -0.39 is 0 Å². The van der Waals surface area contributed by atoms with Crippen LogP contribution in [0.4, 0.5) is 5.69 Å². The zero-order valence-electron chi connectivity index (χ0n) is 13.1. The quantitative estimate of drug-likeness (QED) is 0.615. The van der Waals surface area contributed by atoms with Crippen molar-refractivity contribution < 1.29 is 9.47 Å². The van der Waals surface area contributed by atoms with Gasteiger partial charge >= 0.3 is 0 Å². The van der Waals surface area contributed by atoms with Crippen LogP contribution >= 0.6 is 0 Å². The normalized spacial score (nSPS) is 10.8. The first kappa shape index (κ1) is 15.4. The molecule has 2 rings (SSSR count). The van der Waals surface area contributed by atoms with Gasteiger partial charge in [0.05, 0.1) is 24.9 Å². The third-order valence-electron chi connectivity index (χ3n) is 3.58. The van der Waals surface area contributed by atoms with Crippen molar-refractivity contribution >= 4 is 16.6 Å². The summed E-state index contributed by atoms with van der Waals surface area (Å²) in [5, 5.41) is 0.919. The number of nitrogen functional groups attached to an aromatic ring is 1. The zero-order chi connectivity index (χ0) is 15.2. The summed E-state index contributed by atoms with van der Waals surface area (Å²) in [5.41, 5.74) is 8.45. The molecular weight excluding hydrogens is 264 g/mol. The standard InChI is InChI=1S/C17H24N2O2/c1-4-5-6-7-8-21-17-12(2)11-19-16-14(17)9-13(20-3)10-15(16)18/h9-11H,4-8,18H2,1-3H3. The molecule has 114 valence electrons. The van der Waals surface area contributed by atoms with E-state index in [2.05, 4.69) is 11.9 Å². The van der Waals surface area contributed by atoms with Gasteiger partial charge in [-0.1, -0.05) is 26.2 Å². The second-order valence-electron chi connectivity index (χ2n) is 5.29. The van der Waals surface area contributed by atoms with Crippen LogP contribution < -0.4 is 15.2 Å². The lowest BCUT2D eigenvalue weighted by atomic mass is 10.1. The maximum absolute atomic E-state index is 6.05. The summed E-state index contributed by atoms with van der Waals surface area (Å²) in [4.78, 5) is 4.41. The number of hydrogen-bond acceptors (Lipinski definition) is 4. The van der Waals surface area contributed by atoms with Gasteiger partial charge in [0.25, 0.3) is 0 Å². The second-order valence-corrected chi connectivity index (χ2v) is 5.29. The van der Waals surface area contributed by atoms with E-state index in [1.807, 2.05) is 19.2 Å². The van der Waals surface area contributed by atoms with Crippen molar-refractivity contribution in [2.75, 3.05) is 19.5 Å². The Morgan fingerprint density at radius 1 is 1.19 bits per heavy atom. The molecule has 21 heavy (non-hydrogen) atoms. The molecule has 0 atom stereocenters. The first-order chi connectivity index (χ1) is 10.2. The fourth-order valence-corrected chi connectivity index (χ4v) is 2.39. The van der Waals surface area contributed by atoms with E-state index in [0.717, 1.165) is 41.0 Å². The van der Waals surface area contributed by atoms with Gasteiger partial charge in [0.2, 0.25) is 0 Å². The fourth-order valence-electron chi connectivity index (χ4n) is 2.39. The molecular formula is C17H24N2O2. The van der Waals surface area contributed by atoms with Crippen molar-refractivity contribution in [3.63, 3.8) is 0 Å². The minimum atomic E-state index is 0.611. The first-order valence-electron chi connectivity index (χ1n) is 7.53. The van der Waals surface area contributed by atoms with Crippen molar-refractivity contribution in [1.29, 1.82) is 0 Å². The monoisotopic (exact) mass is 288 g/mol. The number of hydrogen-bond donors (Lipinski definition) is 1. The minimum absolute atomic E-state index is 0.611. The van der Waals surface area contributed by atoms with Crippen LogP contribution in [0.25, 0.3) is 10.9 Å². The number of anilines is 1. The van der Waals surface area contributed by atoms with Crippen LogP contribution in [0.2, 0.25) is 0 Å². The van der Waals surface area contributed by atoms with E-state index in [1.54, 1.807) is 13.2 Å². The predicted molar refractivity (Wildman–Crippen MR) is 87.1 cm³/mol. The average molecular weight is 288 g/mol. The Bertz CT molecular complexity index is 611. The van der Waals surface area contributed by atoms with E-state index in [1.165, 1.54) is 19.3 Å². The van der Waals surface area contributed by atoms with E-state index in [0.29, 0.717) is 5.69 Å². The highest BCUT2D eigenvalue weighted by Crippen LogP contribution is 2.34. The Labute approximate surface area is 126 Å². The van der Waals surface area contributed by atoms with E-state index in [9.17, 15) is 0 Å². The zero-order valence-corrected chi connectivity index (χ0v) is 13.1. The molecule has 1 aromatic carbocycles. The number of unbranched alkanes of at least 4 members (excludes halogenated alkanes) is 3. The topological polar surface area (TPSA) is 57.4 Å². The summed E-state index contributed by atoms with van der Waals surface area (Å²) in [6, 6.07) is 3.72. The summed E-state index contributed by atoms with van der Waals surface area (Å²) < 4.78 is 11.3. The van der Waals surface area contributed by atoms with Crippen LogP contribution in [0.5, 0.6) is 11.5 Å². The molecule has 0 aliphatic carbocycles. The number of nitrogens with two attached hydrogens (primary N) is 1. The van der Waals surface area contributed by atoms with Gasteiger partial charge in [-0.05, 0) is 19.4 Å². The number of aryl methyl sites for hydroxylation is 1. The molecule has 0 saturated heterocycles. The Kier molecular flexibility index (Phi) is 5.26. The van der Waals surface area contributed by atoms with Crippen LogP contribution in [0.3, 0.4) is 0 Å². The number of aromatic nitrogens is 1. The molecule has 0 bridgehead atoms. The smallest absolute Gasteiger partial charge is 0.133 e. The van der Waals surface area contributed by atoms with Crippen molar-refractivity contribution in [1.82, 2.24) is 4.98 Å². The Morgan fingerprint density at radius 3 is 2.71 bits per heavy atom. The highest BCUT2D eigenvalue weighted by Gasteiger charge is 2.11. The van der Waals surface area contributed by atoms with Gasteiger partial charge in [0.15, 0.2) is 0 Å². The number of fused-ring (bicyclic) bond motifs is 1. The van der Waals surface area contributed by atoms with Crippen LogP contribution in [-0.4, -0.2) is 18.7 Å². The molecule has 0 radical (unpaired) electrons. The van der Waals surface area contributed by atoms with Crippen LogP contribution in [0.1, 0.15) is 38.2 Å². The number of methoxy groups -OCH3 is 1. The third kappa shape index (κ3) is 3.57. The van der Waals surface area contributed by atoms with Gasteiger partial charge in [0.1, 0.15) is 11.5 Å². The maximum atomic E-state index is 6.05. The first-order valence-corrected chi connectivity index (χ1v) is 7.53. The molecule has 0 fully saturated rings. The van der Waals surface area contributed by atoms with Crippen LogP contribution in [-0.2, 0) is 0 Å². The molecule has 4 nitrogen and oxygen atoms in total. The molecule has 0 aliphatic heterocycles. The molecule has 0 amide bonds. The lowest BCUT2D eigenvalue weighted by Crippen LogP contribution is -2.02. The molecule has 0 saturated carbocycles. The molecule has 2 N–H and O–H groups in total. The second kappa shape index (κ2) is 7.16. The Balaban J connectivity index is 2.28. The highest BCUT2D eigenvalue weighted by atomic mass is 16.5. The Hall–Kier alpha value is -1.97. The van der Waals surface area contributed by atoms with E-state index >= 15 is 0 Å². The van der Waals surface area contributed by atoms with Crippen molar-refractivity contribution in [2.24, 2.45) is 0 Å². The summed E-state index contributed by atoms with van der Waals surface area (Å²) in [6.45, 7) is 4.93. The summed E-state index contributed by atoms with van der Waals surface area (Å²) in [7, 11) is 1.63. The van der Waals surface area contributed by atoms with Gasteiger partial charge in [-0.25, -0.2) is 0 Å². The van der Waals surface area contributed by atoms with Gasteiger partial charge in [-0.3, -0.25) is 4.98 Å². The third-order valence-corrected chi connectivity index (χ3v) is 3.58. The minimum Gasteiger partial charge on any atom is -0.497 e. The van der Waals surface area contributed by atoms with Crippen LogP contribution in [0.15, 0.2) is 18.3 Å². The van der Waals surface area contributed by atoms with Gasteiger partial charge in [-0.2, -0.15) is 0 Å². The lowest BCUT2D eigenvalue weighted by Gasteiger charge is -2.14. The predicted octanol–water partition coefficient (Wildman–Crippen LogP) is 4.09. The molecule has 0 spiro atoms. The van der Waals surface area contributed by atoms with Gasteiger partial charge in [-0.15, -0.1) is 0 Å². The molecule has 0 aliphatic rings.